The third-order valence-corrected chi connectivity index (χ3v) is 5.49. The standard InChI is InChI=1S/C18H15P.CH5NO2S/c1-4-10-16(11-5-1)19(17-12-6-2-7-13-17)18-14-8-3-9-15-18;1-5(2,3)4/h1-15H;1H3,(H2,2,3,4). The second-order valence-corrected chi connectivity index (χ2v) is 9.05. The molecule has 24 heavy (non-hydrogen) atoms. The van der Waals surface area contributed by atoms with Gasteiger partial charge in [-0.05, 0) is 23.8 Å². The van der Waals surface area contributed by atoms with Crippen LogP contribution in [0.4, 0.5) is 0 Å². The second kappa shape index (κ2) is 8.74. The van der Waals surface area contributed by atoms with Crippen LogP contribution < -0.4 is 21.1 Å². The van der Waals surface area contributed by atoms with E-state index in [1.165, 1.54) is 15.9 Å². The Labute approximate surface area is 145 Å². The zero-order chi connectivity index (χ0) is 17.4. The number of hydrogen-bond acceptors (Lipinski definition) is 2. The van der Waals surface area contributed by atoms with Gasteiger partial charge < -0.3 is 0 Å². The normalized spacial score (nSPS) is 10.8. The van der Waals surface area contributed by atoms with Crippen molar-refractivity contribution in [2.75, 3.05) is 6.26 Å². The Kier molecular flexibility index (Phi) is 6.68. The van der Waals surface area contributed by atoms with Crippen molar-refractivity contribution in [2.45, 2.75) is 0 Å². The van der Waals surface area contributed by atoms with Gasteiger partial charge in [-0.25, -0.2) is 13.6 Å². The summed E-state index contributed by atoms with van der Waals surface area (Å²) in [6.07, 6.45) is 0.938. The van der Waals surface area contributed by atoms with Gasteiger partial charge in [-0.15, -0.1) is 0 Å². The van der Waals surface area contributed by atoms with E-state index < -0.39 is 17.9 Å². The number of primary sulfonamides is 1. The molecule has 0 saturated heterocycles. The highest BCUT2D eigenvalue weighted by Crippen LogP contribution is 2.32. The van der Waals surface area contributed by atoms with Crippen molar-refractivity contribution in [1.82, 2.24) is 0 Å². The molecule has 0 unspecified atom stereocenters. The molecule has 0 aliphatic carbocycles. The zero-order valence-corrected chi connectivity index (χ0v) is 15.1. The van der Waals surface area contributed by atoms with Gasteiger partial charge in [0, 0.05) is 0 Å². The van der Waals surface area contributed by atoms with E-state index in [0.717, 1.165) is 6.26 Å². The van der Waals surface area contributed by atoms with Gasteiger partial charge in [-0.2, -0.15) is 0 Å². The van der Waals surface area contributed by atoms with Crippen LogP contribution in [0.1, 0.15) is 0 Å². The van der Waals surface area contributed by atoms with Gasteiger partial charge in [0.25, 0.3) is 0 Å². The summed E-state index contributed by atoms with van der Waals surface area (Å²) in [4.78, 5) is 0. The van der Waals surface area contributed by atoms with Crippen molar-refractivity contribution in [2.24, 2.45) is 5.14 Å². The maximum atomic E-state index is 9.41. The summed E-state index contributed by atoms with van der Waals surface area (Å²) >= 11 is 0. The minimum absolute atomic E-state index is 0.446. The average Bonchev–Trinajstić information content (AvgIpc) is 2.57. The summed E-state index contributed by atoms with van der Waals surface area (Å²) in [5.74, 6) is 0. The number of rotatable bonds is 3. The van der Waals surface area contributed by atoms with Crippen LogP contribution in [-0.4, -0.2) is 14.7 Å². The first kappa shape index (κ1) is 18.3. The molecule has 0 saturated carbocycles. The van der Waals surface area contributed by atoms with E-state index in [-0.39, 0.29) is 0 Å². The van der Waals surface area contributed by atoms with Crippen molar-refractivity contribution in [3.8, 4) is 0 Å². The van der Waals surface area contributed by atoms with Crippen molar-refractivity contribution in [3.63, 3.8) is 0 Å². The Morgan fingerprint density at radius 2 is 0.833 bits per heavy atom. The summed E-state index contributed by atoms with van der Waals surface area (Å²) in [5, 5.41) is 8.52. The third-order valence-electron chi connectivity index (χ3n) is 3.04. The fourth-order valence-electron chi connectivity index (χ4n) is 2.18. The molecule has 124 valence electrons. The molecular formula is C19H20NO2PS. The highest BCUT2D eigenvalue weighted by Gasteiger charge is 2.14. The maximum Gasteiger partial charge on any atom is 0.206 e. The van der Waals surface area contributed by atoms with E-state index in [4.69, 9.17) is 0 Å². The summed E-state index contributed by atoms with van der Waals surface area (Å²) in [6.45, 7) is 0. The molecule has 0 bridgehead atoms. The van der Waals surface area contributed by atoms with Crippen molar-refractivity contribution in [3.05, 3.63) is 91.0 Å². The average molecular weight is 357 g/mol. The van der Waals surface area contributed by atoms with Gasteiger partial charge in [0.15, 0.2) is 0 Å². The molecule has 5 heteroatoms. The fraction of sp³-hybridized carbons (Fsp3) is 0.0526. The first-order valence-corrected chi connectivity index (χ1v) is 10.7. The Morgan fingerprint density at radius 1 is 0.625 bits per heavy atom. The number of hydrogen-bond donors (Lipinski definition) is 1. The summed E-state index contributed by atoms with van der Waals surface area (Å²) in [7, 11) is -3.61. The molecule has 0 aliphatic rings. The lowest BCUT2D eigenvalue weighted by molar-refractivity contribution is 0.603. The van der Waals surface area contributed by atoms with E-state index in [1.54, 1.807) is 0 Å². The van der Waals surface area contributed by atoms with Gasteiger partial charge in [-0.3, -0.25) is 0 Å². The zero-order valence-electron chi connectivity index (χ0n) is 13.4. The van der Waals surface area contributed by atoms with Crippen LogP contribution in [0, 0.1) is 0 Å². The lowest BCUT2D eigenvalue weighted by Crippen LogP contribution is -2.20. The van der Waals surface area contributed by atoms with Crippen LogP contribution in [0.25, 0.3) is 0 Å². The minimum atomic E-state index is -3.17. The van der Waals surface area contributed by atoms with Crippen molar-refractivity contribution in [1.29, 1.82) is 0 Å². The van der Waals surface area contributed by atoms with Crippen molar-refractivity contribution >= 4 is 33.9 Å². The molecule has 2 N–H and O–H groups in total. The third kappa shape index (κ3) is 6.25. The van der Waals surface area contributed by atoms with Crippen LogP contribution >= 0.6 is 7.92 Å². The number of benzene rings is 3. The first-order chi connectivity index (χ1) is 11.4. The van der Waals surface area contributed by atoms with Gasteiger partial charge in [0.2, 0.25) is 10.0 Å². The predicted octanol–water partition coefficient (Wildman–Crippen LogP) is 2.35. The summed E-state index contributed by atoms with van der Waals surface area (Å²) in [5.41, 5.74) is 0. The molecule has 3 nitrogen and oxygen atoms in total. The Hall–Kier alpha value is -2.00. The lowest BCUT2D eigenvalue weighted by atomic mass is 10.4. The summed E-state index contributed by atoms with van der Waals surface area (Å²) < 4.78 is 18.8. The molecule has 3 rings (SSSR count). The van der Waals surface area contributed by atoms with Crippen molar-refractivity contribution < 1.29 is 8.42 Å². The molecule has 0 aromatic heterocycles. The molecule has 0 aliphatic heterocycles. The van der Waals surface area contributed by atoms with Crippen LogP contribution in [0.3, 0.4) is 0 Å². The van der Waals surface area contributed by atoms with Crippen LogP contribution in [0.15, 0.2) is 91.0 Å². The lowest BCUT2D eigenvalue weighted by Gasteiger charge is -2.18. The van der Waals surface area contributed by atoms with Gasteiger partial charge in [-0.1, -0.05) is 91.0 Å². The maximum absolute atomic E-state index is 9.41. The highest BCUT2D eigenvalue weighted by molar-refractivity contribution is 7.88. The molecule has 0 atom stereocenters. The van der Waals surface area contributed by atoms with E-state index in [9.17, 15) is 8.42 Å². The molecule has 3 aromatic carbocycles. The predicted molar refractivity (Wildman–Crippen MR) is 104 cm³/mol. The highest BCUT2D eigenvalue weighted by atomic mass is 32.2. The van der Waals surface area contributed by atoms with Gasteiger partial charge in [0.1, 0.15) is 0 Å². The monoisotopic (exact) mass is 357 g/mol. The fourth-order valence-corrected chi connectivity index (χ4v) is 4.48. The van der Waals surface area contributed by atoms with E-state index in [1.807, 2.05) is 0 Å². The van der Waals surface area contributed by atoms with E-state index >= 15 is 0 Å². The Morgan fingerprint density at radius 3 is 1.04 bits per heavy atom. The van der Waals surface area contributed by atoms with E-state index in [0.29, 0.717) is 0 Å². The minimum Gasteiger partial charge on any atom is -0.229 e. The second-order valence-electron chi connectivity index (χ2n) is 5.17. The van der Waals surface area contributed by atoms with Gasteiger partial charge >= 0.3 is 0 Å². The molecule has 0 radical (unpaired) electrons. The summed E-state index contributed by atoms with van der Waals surface area (Å²) in [6, 6.07) is 32.3. The molecule has 0 amide bonds. The molecule has 0 fully saturated rings. The Bertz CT molecular complexity index is 736. The number of sulfonamides is 1. The molecule has 3 aromatic rings. The smallest absolute Gasteiger partial charge is 0.206 e. The largest absolute Gasteiger partial charge is 0.229 e. The molecular weight excluding hydrogens is 337 g/mol. The Balaban J connectivity index is 0.000000368. The topological polar surface area (TPSA) is 60.2 Å². The SMILES string of the molecule is CS(N)(=O)=O.c1ccc(P(c2ccccc2)c2ccccc2)cc1. The molecule has 0 spiro atoms. The van der Waals surface area contributed by atoms with Crippen LogP contribution in [0.5, 0.6) is 0 Å². The molecule has 0 heterocycles. The van der Waals surface area contributed by atoms with Gasteiger partial charge in [0.05, 0.1) is 6.26 Å². The van der Waals surface area contributed by atoms with Crippen LogP contribution in [0.2, 0.25) is 0 Å². The first-order valence-electron chi connectivity index (χ1n) is 7.38. The van der Waals surface area contributed by atoms with Crippen LogP contribution in [-0.2, 0) is 10.0 Å². The number of nitrogens with two attached hydrogens (primary N) is 1. The van der Waals surface area contributed by atoms with E-state index in [2.05, 4.69) is 96.1 Å². The quantitative estimate of drug-likeness (QED) is 0.732.